The molecule has 3 rings (SSSR count). The summed E-state index contributed by atoms with van der Waals surface area (Å²) >= 11 is 1.23. The number of rotatable bonds is 6. The molecule has 2 N–H and O–H groups in total. The molecule has 29 heavy (non-hydrogen) atoms. The lowest BCUT2D eigenvalue weighted by Gasteiger charge is -2.11. The second-order valence-corrected chi connectivity index (χ2v) is 8.84. The number of anilines is 2. The van der Waals surface area contributed by atoms with Gasteiger partial charge < -0.3 is 5.32 Å². The second-order valence-electron chi connectivity index (χ2n) is 6.13. The van der Waals surface area contributed by atoms with Gasteiger partial charge >= 0.3 is 6.18 Å². The van der Waals surface area contributed by atoms with Gasteiger partial charge in [0.1, 0.15) is 0 Å². The van der Waals surface area contributed by atoms with Gasteiger partial charge in [0.2, 0.25) is 5.91 Å². The van der Waals surface area contributed by atoms with Crippen LogP contribution in [0.1, 0.15) is 25.3 Å². The molecule has 11 heteroatoms. The summed E-state index contributed by atoms with van der Waals surface area (Å²) in [6.45, 7) is 1.88. The maximum absolute atomic E-state index is 12.8. The average Bonchev–Trinajstić information content (AvgIpc) is 3.02. The number of amides is 1. The molecule has 0 bridgehead atoms. The van der Waals surface area contributed by atoms with Crippen LogP contribution in [-0.4, -0.2) is 19.3 Å². The predicted molar refractivity (Wildman–Crippen MR) is 105 cm³/mol. The summed E-state index contributed by atoms with van der Waals surface area (Å²) in [4.78, 5) is 15.4. The fourth-order valence-corrected chi connectivity index (χ4v) is 4.46. The molecule has 1 heterocycles. The number of benzene rings is 2. The van der Waals surface area contributed by atoms with E-state index in [1.807, 2.05) is 6.92 Å². The van der Waals surface area contributed by atoms with E-state index >= 15 is 0 Å². The van der Waals surface area contributed by atoms with Crippen LogP contribution in [0.2, 0.25) is 0 Å². The van der Waals surface area contributed by atoms with Crippen molar-refractivity contribution in [2.75, 3.05) is 10.0 Å². The molecule has 0 fully saturated rings. The number of hydrogen-bond acceptors (Lipinski definition) is 5. The minimum Gasteiger partial charge on any atom is -0.302 e. The highest BCUT2D eigenvalue weighted by molar-refractivity contribution is 7.92. The third kappa shape index (κ3) is 5.04. The van der Waals surface area contributed by atoms with Crippen molar-refractivity contribution in [3.63, 3.8) is 0 Å². The molecule has 0 aliphatic heterocycles. The standard InChI is InChI=1S/C18H16F3N3O3S2/c1-2-4-16(25)23-17-22-14-10-12(7-8-15(14)28-17)24-29(26,27)13-6-3-5-11(9-13)18(19,20)21/h3,5-10,24H,2,4H2,1H3,(H,22,23,25). The molecule has 0 aliphatic carbocycles. The molecule has 0 radical (unpaired) electrons. The molecule has 2 aromatic carbocycles. The molecular formula is C18H16F3N3O3S2. The number of nitrogens with one attached hydrogen (secondary N) is 2. The van der Waals surface area contributed by atoms with Crippen LogP contribution < -0.4 is 10.0 Å². The van der Waals surface area contributed by atoms with Crippen LogP contribution in [0.3, 0.4) is 0 Å². The highest BCUT2D eigenvalue weighted by Gasteiger charge is 2.31. The van der Waals surface area contributed by atoms with E-state index in [4.69, 9.17) is 0 Å². The number of hydrogen-bond donors (Lipinski definition) is 2. The Morgan fingerprint density at radius 1 is 1.17 bits per heavy atom. The number of thiazole rings is 1. The van der Waals surface area contributed by atoms with Crippen LogP contribution in [0.5, 0.6) is 0 Å². The molecule has 0 unspecified atom stereocenters. The van der Waals surface area contributed by atoms with E-state index in [0.717, 1.165) is 22.9 Å². The van der Waals surface area contributed by atoms with Gasteiger partial charge in [0.15, 0.2) is 5.13 Å². The molecular weight excluding hydrogens is 427 g/mol. The lowest BCUT2D eigenvalue weighted by Crippen LogP contribution is -2.14. The predicted octanol–water partition coefficient (Wildman–Crippen LogP) is 4.85. The summed E-state index contributed by atoms with van der Waals surface area (Å²) in [7, 11) is -4.23. The Labute approximate surface area is 168 Å². The van der Waals surface area contributed by atoms with E-state index in [9.17, 15) is 26.4 Å². The fourth-order valence-electron chi connectivity index (χ4n) is 2.51. The molecule has 1 aromatic heterocycles. The molecule has 0 saturated carbocycles. The summed E-state index contributed by atoms with van der Waals surface area (Å²) in [5.74, 6) is -0.169. The van der Waals surface area contributed by atoms with Crippen LogP contribution in [0.15, 0.2) is 47.4 Å². The van der Waals surface area contributed by atoms with Gasteiger partial charge in [-0.1, -0.05) is 24.3 Å². The van der Waals surface area contributed by atoms with Gasteiger partial charge in [0.05, 0.1) is 26.4 Å². The lowest BCUT2D eigenvalue weighted by atomic mass is 10.2. The number of carbonyl (C=O) groups is 1. The smallest absolute Gasteiger partial charge is 0.302 e. The van der Waals surface area contributed by atoms with E-state index in [-0.39, 0.29) is 11.6 Å². The van der Waals surface area contributed by atoms with Crippen molar-refractivity contribution in [1.29, 1.82) is 0 Å². The molecule has 3 aromatic rings. The van der Waals surface area contributed by atoms with Crippen molar-refractivity contribution in [3.05, 3.63) is 48.0 Å². The normalized spacial score (nSPS) is 12.1. The molecule has 154 valence electrons. The fraction of sp³-hybridized carbons (Fsp3) is 0.222. The van der Waals surface area contributed by atoms with Crippen molar-refractivity contribution in [2.45, 2.75) is 30.8 Å². The van der Waals surface area contributed by atoms with Gasteiger partial charge in [-0.3, -0.25) is 9.52 Å². The summed E-state index contributed by atoms with van der Waals surface area (Å²) in [6, 6.07) is 8.04. The van der Waals surface area contributed by atoms with Crippen LogP contribution in [0.4, 0.5) is 24.0 Å². The van der Waals surface area contributed by atoms with Gasteiger partial charge in [0.25, 0.3) is 10.0 Å². The zero-order chi connectivity index (χ0) is 21.2. The van der Waals surface area contributed by atoms with Gasteiger partial charge in [0, 0.05) is 6.42 Å². The van der Waals surface area contributed by atoms with E-state index < -0.39 is 26.7 Å². The first-order chi connectivity index (χ1) is 13.6. The third-order valence-electron chi connectivity index (χ3n) is 3.83. The molecule has 0 spiro atoms. The van der Waals surface area contributed by atoms with Crippen LogP contribution >= 0.6 is 11.3 Å². The first-order valence-electron chi connectivity index (χ1n) is 8.49. The Hall–Kier alpha value is -2.66. The molecule has 6 nitrogen and oxygen atoms in total. The van der Waals surface area contributed by atoms with Gasteiger partial charge in [-0.05, 0) is 42.8 Å². The summed E-state index contributed by atoms with van der Waals surface area (Å²) < 4.78 is 66.5. The van der Waals surface area contributed by atoms with Crippen molar-refractivity contribution in [1.82, 2.24) is 4.98 Å². The topological polar surface area (TPSA) is 88.2 Å². The number of alkyl halides is 3. The number of nitrogens with zero attached hydrogens (tertiary/aromatic N) is 1. The molecule has 1 amide bonds. The summed E-state index contributed by atoms with van der Waals surface area (Å²) in [5.41, 5.74) is -0.458. The maximum Gasteiger partial charge on any atom is 0.416 e. The minimum atomic E-state index is -4.65. The van der Waals surface area contributed by atoms with Crippen LogP contribution in [0.25, 0.3) is 10.2 Å². The van der Waals surface area contributed by atoms with Gasteiger partial charge in [-0.2, -0.15) is 13.2 Å². The Bertz CT molecular complexity index is 1160. The van der Waals surface area contributed by atoms with E-state index in [0.29, 0.717) is 29.6 Å². The van der Waals surface area contributed by atoms with Crippen molar-refractivity contribution in [2.24, 2.45) is 0 Å². The zero-order valence-corrected chi connectivity index (χ0v) is 16.7. The summed E-state index contributed by atoms with van der Waals surface area (Å²) in [6.07, 6.45) is -3.60. The largest absolute Gasteiger partial charge is 0.416 e. The summed E-state index contributed by atoms with van der Waals surface area (Å²) in [5, 5.41) is 3.05. The average molecular weight is 443 g/mol. The molecule has 0 saturated heterocycles. The number of sulfonamides is 1. The lowest BCUT2D eigenvalue weighted by molar-refractivity contribution is -0.137. The molecule has 0 aliphatic rings. The Balaban J connectivity index is 1.84. The first kappa shape index (κ1) is 21.1. The van der Waals surface area contributed by atoms with Crippen LogP contribution in [0, 0.1) is 0 Å². The van der Waals surface area contributed by atoms with Crippen molar-refractivity contribution >= 4 is 48.3 Å². The van der Waals surface area contributed by atoms with Crippen molar-refractivity contribution < 1.29 is 26.4 Å². The number of fused-ring (bicyclic) bond motifs is 1. The molecule has 0 atom stereocenters. The second kappa shape index (κ2) is 7.99. The van der Waals surface area contributed by atoms with Gasteiger partial charge in [-0.25, -0.2) is 13.4 Å². The quantitative estimate of drug-likeness (QED) is 0.570. The minimum absolute atomic E-state index is 0.145. The van der Waals surface area contributed by atoms with E-state index in [1.165, 1.54) is 23.5 Å². The maximum atomic E-state index is 12.8. The van der Waals surface area contributed by atoms with Crippen LogP contribution in [-0.2, 0) is 21.0 Å². The van der Waals surface area contributed by atoms with Gasteiger partial charge in [-0.15, -0.1) is 0 Å². The monoisotopic (exact) mass is 443 g/mol. The Kier molecular flexibility index (Phi) is 5.80. The van der Waals surface area contributed by atoms with E-state index in [2.05, 4.69) is 15.0 Å². The Morgan fingerprint density at radius 3 is 2.62 bits per heavy atom. The highest BCUT2D eigenvalue weighted by atomic mass is 32.2. The van der Waals surface area contributed by atoms with Crippen molar-refractivity contribution in [3.8, 4) is 0 Å². The third-order valence-corrected chi connectivity index (χ3v) is 6.17. The highest BCUT2D eigenvalue weighted by Crippen LogP contribution is 2.32. The number of aromatic nitrogens is 1. The van der Waals surface area contributed by atoms with E-state index in [1.54, 1.807) is 6.07 Å². The zero-order valence-electron chi connectivity index (χ0n) is 15.1. The number of carbonyl (C=O) groups excluding carboxylic acids is 1. The number of halogens is 3. The SMILES string of the molecule is CCCC(=O)Nc1nc2cc(NS(=O)(=O)c3cccc(C(F)(F)F)c3)ccc2s1. The first-order valence-corrected chi connectivity index (χ1v) is 10.8. The Morgan fingerprint density at radius 2 is 1.93 bits per heavy atom.